The SMILES string of the molecule is O=C1CCc2cc(C(=O)OCC(=O)c3ccc4c(c3)OCO4)ccc2N1. The van der Waals surface area contributed by atoms with Gasteiger partial charge in [0.15, 0.2) is 23.9 Å². The largest absolute Gasteiger partial charge is 0.454 e. The Morgan fingerprint density at radius 1 is 1.00 bits per heavy atom. The van der Waals surface area contributed by atoms with Crippen LogP contribution in [0.1, 0.15) is 32.7 Å². The fourth-order valence-corrected chi connectivity index (χ4v) is 2.88. The summed E-state index contributed by atoms with van der Waals surface area (Å²) < 4.78 is 15.6. The molecule has 2 aliphatic rings. The number of ether oxygens (including phenoxy) is 3. The van der Waals surface area contributed by atoms with Gasteiger partial charge in [0, 0.05) is 17.7 Å². The molecule has 2 aliphatic heterocycles. The van der Waals surface area contributed by atoms with E-state index in [9.17, 15) is 14.4 Å². The number of ketones is 1. The maximum atomic E-state index is 12.2. The Morgan fingerprint density at radius 3 is 2.69 bits per heavy atom. The molecule has 0 radical (unpaired) electrons. The monoisotopic (exact) mass is 353 g/mol. The molecule has 0 saturated carbocycles. The maximum absolute atomic E-state index is 12.2. The third kappa shape index (κ3) is 3.11. The zero-order chi connectivity index (χ0) is 18.1. The molecule has 0 fully saturated rings. The average molecular weight is 353 g/mol. The van der Waals surface area contributed by atoms with Gasteiger partial charge >= 0.3 is 5.97 Å². The van der Waals surface area contributed by atoms with E-state index < -0.39 is 5.97 Å². The van der Waals surface area contributed by atoms with Crippen LogP contribution in [0, 0.1) is 0 Å². The minimum Gasteiger partial charge on any atom is -0.454 e. The molecule has 7 heteroatoms. The van der Waals surface area contributed by atoms with Gasteiger partial charge in [-0.2, -0.15) is 0 Å². The Bertz CT molecular complexity index is 920. The molecule has 0 bridgehead atoms. The van der Waals surface area contributed by atoms with Crippen molar-refractivity contribution >= 4 is 23.3 Å². The van der Waals surface area contributed by atoms with Gasteiger partial charge in [-0.15, -0.1) is 0 Å². The predicted molar refractivity (Wildman–Crippen MR) is 90.6 cm³/mol. The Hall–Kier alpha value is -3.35. The third-order valence-electron chi connectivity index (χ3n) is 4.27. The van der Waals surface area contributed by atoms with E-state index in [2.05, 4.69) is 5.32 Å². The average Bonchev–Trinajstić information content (AvgIpc) is 3.13. The van der Waals surface area contributed by atoms with Gasteiger partial charge in [-0.3, -0.25) is 9.59 Å². The summed E-state index contributed by atoms with van der Waals surface area (Å²) in [6.45, 7) is -0.243. The van der Waals surface area contributed by atoms with Gasteiger partial charge in [0.25, 0.3) is 0 Å². The van der Waals surface area contributed by atoms with Crippen LogP contribution in [0.2, 0.25) is 0 Å². The highest BCUT2D eigenvalue weighted by molar-refractivity contribution is 6.00. The van der Waals surface area contributed by atoms with Crippen molar-refractivity contribution in [1.82, 2.24) is 0 Å². The molecule has 4 rings (SSSR count). The smallest absolute Gasteiger partial charge is 0.338 e. The first-order valence-corrected chi connectivity index (χ1v) is 8.13. The van der Waals surface area contributed by atoms with Gasteiger partial charge in [-0.25, -0.2) is 4.79 Å². The number of anilines is 1. The number of carbonyl (C=O) groups is 3. The topological polar surface area (TPSA) is 90.9 Å². The van der Waals surface area contributed by atoms with Crippen LogP contribution in [-0.4, -0.2) is 31.1 Å². The first-order valence-electron chi connectivity index (χ1n) is 8.13. The minimum atomic E-state index is -0.584. The molecular formula is C19H15NO6. The van der Waals surface area contributed by atoms with Gasteiger partial charge in [0.05, 0.1) is 5.56 Å². The number of carbonyl (C=O) groups excluding carboxylic acids is 3. The number of hydrogen-bond donors (Lipinski definition) is 1. The van der Waals surface area contributed by atoms with Crippen LogP contribution in [0.15, 0.2) is 36.4 Å². The number of Topliss-reactive ketones (excluding diaryl/α,β-unsaturated/α-hetero) is 1. The maximum Gasteiger partial charge on any atom is 0.338 e. The number of fused-ring (bicyclic) bond motifs is 2. The lowest BCUT2D eigenvalue weighted by Crippen LogP contribution is -2.20. The van der Waals surface area contributed by atoms with Gasteiger partial charge in [0.1, 0.15) is 0 Å². The van der Waals surface area contributed by atoms with Crippen molar-refractivity contribution in [2.75, 3.05) is 18.7 Å². The summed E-state index contributed by atoms with van der Waals surface area (Å²) in [7, 11) is 0. The predicted octanol–water partition coefficient (Wildman–Crippen LogP) is 2.34. The number of esters is 1. The summed E-state index contributed by atoms with van der Waals surface area (Å²) in [6, 6.07) is 9.74. The van der Waals surface area contributed by atoms with E-state index in [1.165, 1.54) is 0 Å². The highest BCUT2D eigenvalue weighted by Crippen LogP contribution is 2.32. The highest BCUT2D eigenvalue weighted by atomic mass is 16.7. The van der Waals surface area contributed by atoms with Crippen molar-refractivity contribution in [3.8, 4) is 11.5 Å². The molecular weight excluding hydrogens is 338 g/mol. The van der Waals surface area contributed by atoms with Crippen LogP contribution in [0.4, 0.5) is 5.69 Å². The Morgan fingerprint density at radius 2 is 1.81 bits per heavy atom. The van der Waals surface area contributed by atoms with Gasteiger partial charge in [-0.1, -0.05) is 0 Å². The second-order valence-corrected chi connectivity index (χ2v) is 5.99. The zero-order valence-electron chi connectivity index (χ0n) is 13.7. The quantitative estimate of drug-likeness (QED) is 0.670. The van der Waals surface area contributed by atoms with Crippen LogP contribution in [0.3, 0.4) is 0 Å². The second kappa shape index (κ2) is 6.51. The van der Waals surface area contributed by atoms with Crippen molar-refractivity contribution in [2.45, 2.75) is 12.8 Å². The molecule has 7 nitrogen and oxygen atoms in total. The number of amides is 1. The summed E-state index contributed by atoms with van der Waals surface area (Å²) in [5.41, 5.74) is 2.31. The normalized spacial score (nSPS) is 14.4. The second-order valence-electron chi connectivity index (χ2n) is 5.99. The molecule has 2 aromatic rings. The van der Waals surface area contributed by atoms with Crippen LogP contribution < -0.4 is 14.8 Å². The Balaban J connectivity index is 1.41. The minimum absolute atomic E-state index is 0.0397. The standard InChI is InChI=1S/C19H15NO6/c21-15(12-2-5-16-17(8-12)26-10-25-16)9-24-19(23)13-1-4-14-11(7-13)3-6-18(22)20-14/h1-2,4-5,7-8H,3,6,9-10H2,(H,20,22). The number of benzene rings is 2. The number of rotatable bonds is 4. The van der Waals surface area contributed by atoms with Crippen molar-refractivity contribution in [1.29, 1.82) is 0 Å². The van der Waals surface area contributed by atoms with Gasteiger partial charge in [-0.05, 0) is 48.4 Å². The summed E-state index contributed by atoms with van der Waals surface area (Å²) in [5, 5.41) is 2.75. The molecule has 2 aromatic carbocycles. The fourth-order valence-electron chi connectivity index (χ4n) is 2.88. The highest BCUT2D eigenvalue weighted by Gasteiger charge is 2.19. The van der Waals surface area contributed by atoms with E-state index >= 15 is 0 Å². The lowest BCUT2D eigenvalue weighted by Gasteiger charge is -2.17. The van der Waals surface area contributed by atoms with E-state index in [0.717, 1.165) is 5.56 Å². The van der Waals surface area contributed by atoms with Gasteiger partial charge < -0.3 is 19.5 Å². The Labute approximate surface area is 148 Å². The van der Waals surface area contributed by atoms with Crippen molar-refractivity contribution in [3.63, 3.8) is 0 Å². The molecule has 0 atom stereocenters. The molecule has 0 saturated heterocycles. The van der Waals surface area contributed by atoms with E-state index in [4.69, 9.17) is 14.2 Å². The summed E-state index contributed by atoms with van der Waals surface area (Å²) in [5.74, 6) is 0.126. The van der Waals surface area contributed by atoms with Crippen molar-refractivity contribution in [2.24, 2.45) is 0 Å². The third-order valence-corrected chi connectivity index (χ3v) is 4.27. The molecule has 0 aromatic heterocycles. The Kier molecular flexibility index (Phi) is 4.04. The zero-order valence-corrected chi connectivity index (χ0v) is 13.7. The van der Waals surface area contributed by atoms with E-state index in [0.29, 0.717) is 41.2 Å². The van der Waals surface area contributed by atoms with Crippen LogP contribution in [0.25, 0.3) is 0 Å². The molecule has 2 heterocycles. The molecule has 0 spiro atoms. The van der Waals surface area contributed by atoms with Crippen molar-refractivity contribution < 1.29 is 28.6 Å². The van der Waals surface area contributed by atoms with Crippen LogP contribution in [0.5, 0.6) is 11.5 Å². The lowest BCUT2D eigenvalue weighted by atomic mass is 10.0. The molecule has 132 valence electrons. The van der Waals surface area contributed by atoms with Crippen LogP contribution in [-0.2, 0) is 16.0 Å². The first-order chi connectivity index (χ1) is 12.6. The number of hydrogen-bond acceptors (Lipinski definition) is 6. The molecule has 0 aliphatic carbocycles. The summed E-state index contributed by atoms with van der Waals surface area (Å²) in [6.07, 6.45) is 0.951. The summed E-state index contributed by atoms with van der Waals surface area (Å²) >= 11 is 0. The summed E-state index contributed by atoms with van der Waals surface area (Å²) in [4.78, 5) is 35.8. The van der Waals surface area contributed by atoms with Crippen LogP contribution >= 0.6 is 0 Å². The number of aryl methyl sites for hydroxylation is 1. The van der Waals surface area contributed by atoms with E-state index in [-0.39, 0.29) is 25.1 Å². The van der Waals surface area contributed by atoms with E-state index in [1.807, 2.05) is 0 Å². The molecule has 0 unspecified atom stereocenters. The lowest BCUT2D eigenvalue weighted by molar-refractivity contribution is -0.116. The van der Waals surface area contributed by atoms with E-state index in [1.54, 1.807) is 36.4 Å². The first kappa shape index (κ1) is 16.1. The van der Waals surface area contributed by atoms with Crippen molar-refractivity contribution in [3.05, 3.63) is 53.1 Å². The molecule has 1 N–H and O–H groups in total. The number of nitrogens with one attached hydrogen (secondary N) is 1. The molecule has 26 heavy (non-hydrogen) atoms. The van der Waals surface area contributed by atoms with Gasteiger partial charge in [0.2, 0.25) is 12.7 Å². The fraction of sp³-hybridized carbons (Fsp3) is 0.211. The molecule has 1 amide bonds.